The second-order valence-corrected chi connectivity index (χ2v) is 5.06. The number of nitrogens with zero attached hydrogens (tertiary/aromatic N) is 1. The van der Waals surface area contributed by atoms with E-state index < -0.39 is 5.97 Å². The Hall–Kier alpha value is -1.75. The summed E-state index contributed by atoms with van der Waals surface area (Å²) in [6.45, 7) is 4.03. The van der Waals surface area contributed by atoms with Crippen LogP contribution in [-0.2, 0) is 4.79 Å². The number of ether oxygens (including phenoxy) is 2. The highest BCUT2D eigenvalue weighted by Gasteiger charge is 2.17. The van der Waals surface area contributed by atoms with Gasteiger partial charge in [0.05, 0.1) is 0 Å². The minimum atomic E-state index is -0.745. The average molecular weight is 279 g/mol. The lowest BCUT2D eigenvalue weighted by Gasteiger charge is -2.26. The molecule has 1 heterocycles. The van der Waals surface area contributed by atoms with Crippen LogP contribution < -0.4 is 9.47 Å². The predicted octanol–water partition coefficient (Wildman–Crippen LogP) is 2.32. The zero-order valence-corrected chi connectivity index (χ0v) is 12.0. The number of carbonyl (C=O) groups is 1. The lowest BCUT2D eigenvalue weighted by Crippen LogP contribution is -2.24. The minimum Gasteiger partial charge on any atom is -0.486 e. The van der Waals surface area contributed by atoms with E-state index >= 15 is 0 Å². The van der Waals surface area contributed by atoms with E-state index in [1.54, 1.807) is 0 Å². The van der Waals surface area contributed by atoms with Gasteiger partial charge in [0.2, 0.25) is 0 Å². The highest BCUT2D eigenvalue weighted by atomic mass is 16.6. The average Bonchev–Trinajstić information content (AvgIpc) is 2.45. The molecular formula is C15H21NO4. The SMILES string of the molecule is CC(c1ccc2c(c1)OCCO2)N(C)CCCC(=O)O. The summed E-state index contributed by atoms with van der Waals surface area (Å²) in [6.07, 6.45) is 0.860. The van der Waals surface area contributed by atoms with Gasteiger partial charge in [0.25, 0.3) is 0 Å². The number of benzene rings is 1. The third-order valence-electron chi connectivity index (χ3n) is 3.61. The van der Waals surface area contributed by atoms with Crippen molar-refractivity contribution < 1.29 is 19.4 Å². The van der Waals surface area contributed by atoms with E-state index in [9.17, 15) is 4.79 Å². The van der Waals surface area contributed by atoms with Crippen LogP contribution in [0.2, 0.25) is 0 Å². The molecule has 5 heteroatoms. The fraction of sp³-hybridized carbons (Fsp3) is 0.533. The summed E-state index contributed by atoms with van der Waals surface area (Å²) >= 11 is 0. The molecule has 0 bridgehead atoms. The van der Waals surface area contributed by atoms with Crippen molar-refractivity contribution in [1.82, 2.24) is 4.90 Å². The van der Waals surface area contributed by atoms with E-state index in [4.69, 9.17) is 14.6 Å². The first-order valence-electron chi connectivity index (χ1n) is 6.89. The molecule has 1 N–H and O–H groups in total. The molecule has 1 aliphatic heterocycles. The predicted molar refractivity (Wildman–Crippen MR) is 75.3 cm³/mol. The summed E-state index contributed by atoms with van der Waals surface area (Å²) in [4.78, 5) is 12.7. The molecule has 1 atom stereocenters. The maximum Gasteiger partial charge on any atom is 0.303 e. The van der Waals surface area contributed by atoms with E-state index in [0.717, 1.165) is 23.6 Å². The zero-order valence-electron chi connectivity index (χ0n) is 12.0. The van der Waals surface area contributed by atoms with Gasteiger partial charge in [0.15, 0.2) is 11.5 Å². The summed E-state index contributed by atoms with van der Waals surface area (Å²) in [5, 5.41) is 8.67. The molecule has 0 fully saturated rings. The van der Waals surface area contributed by atoms with Crippen molar-refractivity contribution in [2.75, 3.05) is 26.8 Å². The summed E-state index contributed by atoms with van der Waals surface area (Å²) in [6, 6.07) is 6.18. The first-order chi connectivity index (χ1) is 9.58. The monoisotopic (exact) mass is 279 g/mol. The van der Waals surface area contributed by atoms with Crippen LogP contribution >= 0.6 is 0 Å². The second-order valence-electron chi connectivity index (χ2n) is 5.06. The molecule has 20 heavy (non-hydrogen) atoms. The number of hydrogen-bond acceptors (Lipinski definition) is 4. The van der Waals surface area contributed by atoms with Crippen molar-refractivity contribution in [3.05, 3.63) is 23.8 Å². The quantitative estimate of drug-likeness (QED) is 0.866. The van der Waals surface area contributed by atoms with Gasteiger partial charge < -0.3 is 14.6 Å². The van der Waals surface area contributed by atoms with E-state index in [0.29, 0.717) is 19.6 Å². The van der Waals surface area contributed by atoms with Crippen molar-refractivity contribution in [3.8, 4) is 11.5 Å². The summed E-state index contributed by atoms with van der Waals surface area (Å²) < 4.78 is 11.1. The largest absolute Gasteiger partial charge is 0.486 e. The lowest BCUT2D eigenvalue weighted by molar-refractivity contribution is -0.137. The molecule has 0 saturated carbocycles. The fourth-order valence-electron chi connectivity index (χ4n) is 2.25. The van der Waals surface area contributed by atoms with Gasteiger partial charge in [-0.25, -0.2) is 0 Å². The molecule has 0 aromatic heterocycles. The highest BCUT2D eigenvalue weighted by Crippen LogP contribution is 2.33. The topological polar surface area (TPSA) is 59.0 Å². The van der Waals surface area contributed by atoms with Crippen molar-refractivity contribution >= 4 is 5.97 Å². The van der Waals surface area contributed by atoms with Crippen LogP contribution in [0, 0.1) is 0 Å². The molecule has 1 aromatic rings. The van der Waals surface area contributed by atoms with Crippen LogP contribution in [0.5, 0.6) is 11.5 Å². The van der Waals surface area contributed by atoms with Crippen LogP contribution in [0.1, 0.15) is 31.4 Å². The molecule has 1 aliphatic rings. The van der Waals surface area contributed by atoms with Crippen molar-refractivity contribution in [2.24, 2.45) is 0 Å². The molecule has 0 amide bonds. The molecule has 0 spiro atoms. The van der Waals surface area contributed by atoms with Crippen LogP contribution in [-0.4, -0.2) is 42.8 Å². The zero-order chi connectivity index (χ0) is 14.5. The fourth-order valence-corrected chi connectivity index (χ4v) is 2.25. The van der Waals surface area contributed by atoms with Gasteiger partial charge in [-0.2, -0.15) is 0 Å². The molecular weight excluding hydrogens is 258 g/mol. The number of rotatable bonds is 6. The Bertz CT molecular complexity index is 475. The van der Waals surface area contributed by atoms with Crippen molar-refractivity contribution in [1.29, 1.82) is 0 Å². The first kappa shape index (κ1) is 14.7. The van der Waals surface area contributed by atoms with Gasteiger partial charge in [-0.3, -0.25) is 9.69 Å². The van der Waals surface area contributed by atoms with Gasteiger partial charge >= 0.3 is 5.97 Å². The van der Waals surface area contributed by atoms with Crippen LogP contribution in [0.3, 0.4) is 0 Å². The third-order valence-corrected chi connectivity index (χ3v) is 3.61. The third kappa shape index (κ3) is 3.63. The summed E-state index contributed by atoms with van der Waals surface area (Å²) in [5.74, 6) is 0.839. The Kier molecular flexibility index (Phi) is 4.84. The Morgan fingerprint density at radius 3 is 2.75 bits per heavy atom. The van der Waals surface area contributed by atoms with Crippen LogP contribution in [0.4, 0.5) is 0 Å². The number of fused-ring (bicyclic) bond motifs is 1. The molecule has 2 rings (SSSR count). The van der Waals surface area contributed by atoms with Gasteiger partial charge in [-0.05, 0) is 44.6 Å². The summed E-state index contributed by atoms with van der Waals surface area (Å²) in [7, 11) is 2.00. The van der Waals surface area contributed by atoms with Gasteiger partial charge in [-0.1, -0.05) is 6.07 Å². The number of carboxylic acid groups (broad SMARTS) is 1. The molecule has 1 unspecified atom stereocenters. The molecule has 5 nitrogen and oxygen atoms in total. The maximum absolute atomic E-state index is 10.5. The Morgan fingerprint density at radius 2 is 2.05 bits per heavy atom. The Balaban J connectivity index is 1.97. The van der Waals surface area contributed by atoms with E-state index in [1.165, 1.54) is 0 Å². The van der Waals surface area contributed by atoms with Gasteiger partial charge in [0.1, 0.15) is 13.2 Å². The molecule has 1 aromatic carbocycles. The number of carboxylic acids is 1. The Labute approximate surface area is 119 Å². The molecule has 0 aliphatic carbocycles. The second kappa shape index (κ2) is 6.61. The summed E-state index contributed by atoms with van der Waals surface area (Å²) in [5.41, 5.74) is 1.15. The van der Waals surface area contributed by atoms with Crippen molar-refractivity contribution in [2.45, 2.75) is 25.8 Å². The first-order valence-corrected chi connectivity index (χ1v) is 6.89. The molecule has 0 radical (unpaired) electrons. The van der Waals surface area contributed by atoms with E-state index in [2.05, 4.69) is 11.8 Å². The maximum atomic E-state index is 10.5. The number of aliphatic carboxylic acids is 1. The Morgan fingerprint density at radius 1 is 1.35 bits per heavy atom. The molecule has 0 saturated heterocycles. The standard InChI is InChI=1S/C15H21NO4/c1-11(16(2)7-3-4-15(17)18)12-5-6-13-14(10-12)20-9-8-19-13/h5-6,10-11H,3-4,7-9H2,1-2H3,(H,17,18). The van der Waals surface area contributed by atoms with Crippen molar-refractivity contribution in [3.63, 3.8) is 0 Å². The molecule has 110 valence electrons. The van der Waals surface area contributed by atoms with Crippen LogP contribution in [0.15, 0.2) is 18.2 Å². The normalized spacial score (nSPS) is 15.2. The minimum absolute atomic E-state index is 0.207. The van der Waals surface area contributed by atoms with E-state index in [1.807, 2.05) is 25.2 Å². The lowest BCUT2D eigenvalue weighted by atomic mass is 10.1. The van der Waals surface area contributed by atoms with Crippen LogP contribution in [0.25, 0.3) is 0 Å². The van der Waals surface area contributed by atoms with Gasteiger partial charge in [-0.15, -0.1) is 0 Å². The number of hydrogen-bond donors (Lipinski definition) is 1. The highest BCUT2D eigenvalue weighted by molar-refractivity contribution is 5.66. The van der Waals surface area contributed by atoms with E-state index in [-0.39, 0.29) is 12.5 Å². The van der Waals surface area contributed by atoms with Gasteiger partial charge in [0, 0.05) is 12.5 Å². The smallest absolute Gasteiger partial charge is 0.303 e.